The molecule has 0 saturated heterocycles. The zero-order valence-corrected chi connectivity index (χ0v) is 32.8. The number of hydrogen-bond acceptors (Lipinski definition) is 4. The molecular weight excluding hydrogens is 689 g/mol. The number of benzene rings is 1. The molecule has 1 aromatic rings. The summed E-state index contributed by atoms with van der Waals surface area (Å²) < 4.78 is 15.2. The summed E-state index contributed by atoms with van der Waals surface area (Å²) in [7, 11) is -4.04. The van der Waals surface area contributed by atoms with Crippen molar-refractivity contribution in [1.82, 2.24) is 0 Å². The topological polar surface area (TPSA) is 59.3 Å². The highest BCUT2D eigenvalue weighted by Crippen LogP contribution is 2.58. The number of fused-ring (bicyclic) bond motifs is 3. The van der Waals surface area contributed by atoms with Gasteiger partial charge in [-0.05, 0) is 127 Å². The molecule has 0 bridgehead atoms. The largest absolute Gasteiger partial charge is 0.414 e. The van der Waals surface area contributed by atoms with Gasteiger partial charge in [-0.15, -0.1) is 6.58 Å². The second-order valence-electron chi connectivity index (χ2n) is 16.5. The van der Waals surface area contributed by atoms with Gasteiger partial charge in [0.05, 0.1) is 18.3 Å². The maximum Gasteiger partial charge on any atom is 0.192 e. The summed E-state index contributed by atoms with van der Waals surface area (Å²) in [5.74, 6) is 1.09. The molecule has 0 aliphatic heterocycles. The third kappa shape index (κ3) is 8.08. The molecule has 2 saturated carbocycles. The van der Waals surface area contributed by atoms with Crippen LogP contribution < -0.4 is 0 Å². The molecule has 1 unspecified atom stereocenters. The van der Waals surface area contributed by atoms with Crippen LogP contribution in [0, 0.1) is 62.2 Å². The molecule has 1 aromatic carbocycles. The van der Waals surface area contributed by atoms with Crippen molar-refractivity contribution in [2.24, 2.45) is 47.3 Å². The summed E-state index contributed by atoms with van der Waals surface area (Å²) in [6.07, 6.45) is 11.1. The lowest BCUT2D eigenvalue weighted by atomic mass is 9.65. The second kappa shape index (κ2) is 14.0. The molecule has 44 heavy (non-hydrogen) atoms. The van der Waals surface area contributed by atoms with Crippen LogP contribution in [0.25, 0.3) is 0 Å². The third-order valence-corrected chi connectivity index (χ3v) is 17.3. The molecule has 0 spiro atoms. The van der Waals surface area contributed by atoms with Gasteiger partial charge in [-0.2, -0.15) is 5.26 Å². The average molecular weight is 746 g/mol. The van der Waals surface area contributed by atoms with Crippen molar-refractivity contribution < 1.29 is 13.6 Å². The van der Waals surface area contributed by atoms with Gasteiger partial charge in [-0.3, -0.25) is 4.79 Å². The van der Waals surface area contributed by atoms with Crippen LogP contribution in [0.2, 0.25) is 37.8 Å². The maximum atomic E-state index is 14.8. The number of halogens is 1. The minimum Gasteiger partial charge on any atom is -0.414 e. The molecule has 7 heteroatoms. The molecule has 0 amide bonds. The number of ketones is 1. The molecule has 0 radical (unpaired) electrons. The van der Waals surface area contributed by atoms with Crippen LogP contribution in [-0.4, -0.2) is 34.6 Å². The van der Waals surface area contributed by atoms with E-state index in [2.05, 4.69) is 132 Å². The number of carbonyl (C=O) groups is 1. The molecule has 10 atom stereocenters. The van der Waals surface area contributed by atoms with Crippen LogP contribution in [0.3, 0.4) is 0 Å². The first-order valence-corrected chi connectivity index (χ1v) is 24.2. The van der Waals surface area contributed by atoms with E-state index in [1.165, 1.54) is 28.4 Å². The number of hydrogen-bond donors (Lipinski definition) is 0. The summed E-state index contributed by atoms with van der Waals surface area (Å²) in [4.78, 5) is 14.8. The van der Waals surface area contributed by atoms with E-state index < -0.39 is 22.6 Å². The van der Waals surface area contributed by atoms with E-state index in [-0.39, 0.29) is 40.8 Å². The quantitative estimate of drug-likeness (QED) is 0.129. The van der Waals surface area contributed by atoms with Crippen LogP contribution in [-0.2, 0) is 20.1 Å². The predicted octanol–water partition coefficient (Wildman–Crippen LogP) is 9.83. The lowest BCUT2D eigenvalue weighted by molar-refractivity contribution is -0.131. The Labute approximate surface area is 283 Å². The number of rotatable bonds is 11. The summed E-state index contributed by atoms with van der Waals surface area (Å²) in [5.41, 5.74) is 1.18. The van der Waals surface area contributed by atoms with Crippen molar-refractivity contribution in [3.63, 3.8) is 0 Å². The lowest BCUT2D eigenvalue weighted by Gasteiger charge is -2.42. The Morgan fingerprint density at radius 2 is 1.77 bits per heavy atom. The number of Topliss-reactive ketones (excluding diaryl/α,β-unsaturated/α-hetero) is 1. The van der Waals surface area contributed by atoms with E-state index in [4.69, 9.17) is 8.85 Å². The fourth-order valence-electron chi connectivity index (χ4n) is 7.99. The van der Waals surface area contributed by atoms with Crippen molar-refractivity contribution in [3.8, 4) is 6.07 Å². The molecule has 4 nitrogen and oxygen atoms in total. The van der Waals surface area contributed by atoms with E-state index >= 15 is 0 Å². The van der Waals surface area contributed by atoms with Gasteiger partial charge < -0.3 is 8.85 Å². The summed E-state index contributed by atoms with van der Waals surface area (Å²) in [6.45, 7) is 24.6. The average Bonchev–Trinajstić information content (AvgIpc) is 3.22. The van der Waals surface area contributed by atoms with Gasteiger partial charge in [0.25, 0.3) is 0 Å². The molecule has 0 heterocycles. The first-order valence-electron chi connectivity index (χ1n) is 16.8. The highest BCUT2D eigenvalue weighted by molar-refractivity contribution is 14.1. The first kappa shape index (κ1) is 35.8. The molecule has 0 N–H and O–H groups in total. The molecule has 4 rings (SSSR count). The predicted molar refractivity (Wildman–Crippen MR) is 195 cm³/mol. The van der Waals surface area contributed by atoms with E-state index in [9.17, 15) is 10.1 Å². The fraction of sp³-hybridized carbons (Fsp3) is 0.676. The molecule has 0 aromatic heterocycles. The lowest BCUT2D eigenvalue weighted by Crippen LogP contribution is -2.47. The molecule has 2 fully saturated rings. The van der Waals surface area contributed by atoms with Gasteiger partial charge >= 0.3 is 0 Å². The van der Waals surface area contributed by atoms with Crippen molar-refractivity contribution in [3.05, 3.63) is 58.2 Å². The van der Waals surface area contributed by atoms with E-state index in [1.54, 1.807) is 0 Å². The highest BCUT2D eigenvalue weighted by Gasteiger charge is 2.58. The Bertz CT molecular complexity index is 1240. The van der Waals surface area contributed by atoms with Crippen LogP contribution in [0.4, 0.5) is 0 Å². The van der Waals surface area contributed by atoms with Gasteiger partial charge in [-0.1, -0.05) is 64.5 Å². The SMILES string of the molecule is C=C[C@H]1C=C[C@H]2[C@@H]3C[C@H](C)CC[C@H]3[C@H](O[Si](C)(C)C)[C@@H]2[C@H]1C(=O)C(C#N)C[C@@H](Cc1ccc(I)cc1)O[Si](C)(C)C(C)(C)C. The van der Waals surface area contributed by atoms with Gasteiger partial charge in [0.1, 0.15) is 5.92 Å². The van der Waals surface area contributed by atoms with Crippen molar-refractivity contribution in [1.29, 1.82) is 5.26 Å². The number of carbonyl (C=O) groups excluding carboxylic acids is 1. The van der Waals surface area contributed by atoms with Crippen LogP contribution in [0.1, 0.15) is 58.9 Å². The number of nitrogens with zero attached hydrogens (tertiary/aromatic N) is 1. The van der Waals surface area contributed by atoms with Gasteiger partial charge in [0, 0.05) is 21.3 Å². The smallest absolute Gasteiger partial charge is 0.192 e. The Morgan fingerprint density at radius 1 is 1.11 bits per heavy atom. The Balaban J connectivity index is 1.68. The zero-order valence-electron chi connectivity index (χ0n) is 28.6. The van der Waals surface area contributed by atoms with Crippen LogP contribution >= 0.6 is 22.6 Å². The van der Waals surface area contributed by atoms with E-state index in [0.717, 1.165) is 0 Å². The van der Waals surface area contributed by atoms with Gasteiger partial charge in [0.15, 0.2) is 22.4 Å². The van der Waals surface area contributed by atoms with Crippen LogP contribution in [0.15, 0.2) is 49.1 Å². The fourth-order valence-corrected chi connectivity index (χ4v) is 10.9. The number of allylic oxidation sites excluding steroid dienone is 3. The minimum absolute atomic E-state index is 0.0253. The number of nitriles is 1. The zero-order chi connectivity index (χ0) is 32.6. The van der Waals surface area contributed by atoms with Crippen molar-refractivity contribution >= 4 is 45.0 Å². The Kier molecular flexibility index (Phi) is 11.4. The molecule has 3 aliphatic carbocycles. The molecule has 242 valence electrons. The highest BCUT2D eigenvalue weighted by atomic mass is 127. The van der Waals surface area contributed by atoms with Gasteiger partial charge in [-0.25, -0.2) is 0 Å². The monoisotopic (exact) mass is 745 g/mol. The maximum absolute atomic E-state index is 14.8. The van der Waals surface area contributed by atoms with Crippen LogP contribution in [0.5, 0.6) is 0 Å². The first-order chi connectivity index (χ1) is 20.5. The van der Waals surface area contributed by atoms with E-state index in [1.807, 2.05) is 6.08 Å². The van der Waals surface area contributed by atoms with E-state index in [0.29, 0.717) is 36.5 Å². The summed E-state index contributed by atoms with van der Waals surface area (Å²) >= 11 is 2.33. The molecular formula is C37H56INO3Si2. The third-order valence-electron chi connectivity index (χ3n) is 11.1. The Morgan fingerprint density at radius 3 is 2.34 bits per heavy atom. The summed E-state index contributed by atoms with van der Waals surface area (Å²) in [6, 6.07) is 11.0. The standard InChI is InChI=1S/C37H56INO3Si2/c1-11-26-15-19-30-32-20-24(2)12-18-31(32)36(42-43(6,7)8)34(30)33(26)35(40)27(23-39)22-29(41-44(9,10)37(3,4)5)21-25-13-16-28(38)17-14-25/h11,13-17,19,24,26-27,29-34,36H,1,12,18,20-22H2,2-10H3/t24-,26+,27?,29-,30+,31-,32+,33+,34+,36+/m1/s1. The normalized spacial score (nSPS) is 31.8. The van der Waals surface area contributed by atoms with Crippen molar-refractivity contribution in [2.75, 3.05) is 0 Å². The summed E-state index contributed by atoms with van der Waals surface area (Å²) in [5, 5.41) is 10.7. The minimum atomic E-state index is -2.16. The van der Waals surface area contributed by atoms with Crippen molar-refractivity contribution in [2.45, 2.75) is 110 Å². The second-order valence-corrected chi connectivity index (χ2v) is 26.9. The Hall–Kier alpha value is -1.06. The molecule has 3 aliphatic rings. The van der Waals surface area contributed by atoms with Gasteiger partial charge in [0.2, 0.25) is 0 Å².